The van der Waals surface area contributed by atoms with E-state index in [2.05, 4.69) is 40.9 Å². The molecular weight excluding hydrogens is 292 g/mol. The number of aromatic nitrogens is 2. The van der Waals surface area contributed by atoms with Crippen molar-refractivity contribution in [2.24, 2.45) is 5.92 Å². The lowest BCUT2D eigenvalue weighted by atomic mass is 9.59. The topological polar surface area (TPSA) is 17.8 Å². The Kier molecular flexibility index (Phi) is 4.31. The van der Waals surface area contributed by atoms with Gasteiger partial charge in [0.05, 0.1) is 6.33 Å². The quantitative estimate of drug-likeness (QED) is 0.812. The van der Waals surface area contributed by atoms with E-state index in [1.165, 1.54) is 38.5 Å². The summed E-state index contributed by atoms with van der Waals surface area (Å²) in [6.07, 6.45) is 13.9. The summed E-state index contributed by atoms with van der Waals surface area (Å²) in [5, 5.41) is 0. The molecule has 2 atom stereocenters. The van der Waals surface area contributed by atoms with E-state index in [0.717, 1.165) is 12.5 Å². The van der Waals surface area contributed by atoms with Crippen molar-refractivity contribution in [3.8, 4) is 0 Å². The molecule has 2 aromatic rings. The fourth-order valence-corrected chi connectivity index (χ4v) is 4.91. The molecule has 0 fully saturated rings. The molecule has 118 valence electrons. The molecule has 2 aliphatic rings. The average molecular weight is 317 g/mol. The molecule has 0 spiro atoms. The van der Waals surface area contributed by atoms with Crippen molar-refractivity contribution in [3.63, 3.8) is 0 Å². The molecular formula is C19H25ClN2. The highest BCUT2D eigenvalue weighted by atomic mass is 35.5. The summed E-state index contributed by atoms with van der Waals surface area (Å²) in [5.41, 5.74) is 5.46. The summed E-state index contributed by atoms with van der Waals surface area (Å²) in [5.74, 6) is 0.750. The molecule has 1 heterocycles. The Labute approximate surface area is 139 Å². The molecule has 0 unspecified atom stereocenters. The molecule has 0 aliphatic heterocycles. The van der Waals surface area contributed by atoms with E-state index in [1.54, 1.807) is 16.7 Å². The highest BCUT2D eigenvalue weighted by molar-refractivity contribution is 5.85. The van der Waals surface area contributed by atoms with Gasteiger partial charge in [-0.15, -0.1) is 12.4 Å². The number of benzene rings is 1. The minimum atomic E-state index is 0. The monoisotopic (exact) mass is 316 g/mol. The zero-order valence-corrected chi connectivity index (χ0v) is 14.1. The number of hydrogen-bond donors (Lipinski definition) is 0. The van der Waals surface area contributed by atoms with Gasteiger partial charge in [0.2, 0.25) is 0 Å². The van der Waals surface area contributed by atoms with Gasteiger partial charge in [0.25, 0.3) is 0 Å². The summed E-state index contributed by atoms with van der Waals surface area (Å²) in [4.78, 5) is 4.20. The Morgan fingerprint density at radius 2 is 2.18 bits per heavy atom. The Morgan fingerprint density at radius 3 is 2.95 bits per heavy atom. The predicted octanol–water partition coefficient (Wildman–Crippen LogP) is 4.55. The van der Waals surface area contributed by atoms with Crippen LogP contribution in [-0.4, -0.2) is 9.55 Å². The Morgan fingerprint density at radius 1 is 1.32 bits per heavy atom. The Hall–Kier alpha value is -1.28. The van der Waals surface area contributed by atoms with Crippen LogP contribution in [0.15, 0.2) is 36.9 Å². The number of aryl methyl sites for hydroxylation is 1. The zero-order valence-electron chi connectivity index (χ0n) is 13.3. The average Bonchev–Trinajstić information content (AvgIpc) is 3.00. The molecule has 0 saturated heterocycles. The van der Waals surface area contributed by atoms with Crippen LogP contribution in [0.2, 0.25) is 0 Å². The van der Waals surface area contributed by atoms with Crippen LogP contribution in [-0.2, 0) is 24.8 Å². The first kappa shape index (κ1) is 15.6. The summed E-state index contributed by atoms with van der Waals surface area (Å²) < 4.78 is 2.26. The van der Waals surface area contributed by atoms with E-state index >= 15 is 0 Å². The fraction of sp³-hybridized carbons (Fsp3) is 0.526. The van der Waals surface area contributed by atoms with Crippen molar-refractivity contribution in [1.29, 1.82) is 0 Å². The van der Waals surface area contributed by atoms with E-state index < -0.39 is 0 Å². The minimum Gasteiger partial charge on any atom is -0.337 e. The molecule has 0 amide bonds. The third-order valence-corrected chi connectivity index (χ3v) is 5.76. The first-order valence-electron chi connectivity index (χ1n) is 8.38. The number of halogens is 1. The zero-order chi connectivity index (χ0) is 14.3. The summed E-state index contributed by atoms with van der Waals surface area (Å²) in [7, 11) is 0. The Balaban J connectivity index is 0.00000144. The van der Waals surface area contributed by atoms with E-state index in [0.29, 0.717) is 5.41 Å². The van der Waals surface area contributed by atoms with E-state index in [4.69, 9.17) is 0 Å². The number of rotatable bonds is 3. The summed E-state index contributed by atoms with van der Waals surface area (Å²) in [6.45, 7) is 3.51. The normalized spacial score (nSPS) is 26.1. The molecule has 0 N–H and O–H groups in total. The maximum atomic E-state index is 4.20. The largest absolute Gasteiger partial charge is 0.337 e. The SMILES string of the molecule is CC[C@]12CCCc3cccc(c31)C[C@@H](Cn1ccnc1)C2.Cl. The van der Waals surface area contributed by atoms with Gasteiger partial charge in [-0.3, -0.25) is 0 Å². The van der Waals surface area contributed by atoms with Crippen LogP contribution in [0.5, 0.6) is 0 Å². The van der Waals surface area contributed by atoms with Gasteiger partial charge < -0.3 is 4.57 Å². The molecule has 0 radical (unpaired) electrons. The van der Waals surface area contributed by atoms with Crippen LogP contribution in [0.4, 0.5) is 0 Å². The smallest absolute Gasteiger partial charge is 0.0945 e. The number of nitrogens with zero attached hydrogens (tertiary/aromatic N) is 2. The first-order chi connectivity index (χ1) is 10.3. The van der Waals surface area contributed by atoms with Crippen LogP contribution in [0, 0.1) is 5.92 Å². The first-order valence-corrected chi connectivity index (χ1v) is 8.38. The van der Waals surface area contributed by atoms with Gasteiger partial charge in [-0.05, 0) is 66.5 Å². The lowest BCUT2D eigenvalue weighted by Crippen LogP contribution is -2.39. The van der Waals surface area contributed by atoms with Gasteiger partial charge in [-0.25, -0.2) is 4.98 Å². The van der Waals surface area contributed by atoms with Crippen molar-refractivity contribution >= 4 is 12.4 Å². The van der Waals surface area contributed by atoms with Crippen LogP contribution in [0.3, 0.4) is 0 Å². The van der Waals surface area contributed by atoms with Gasteiger partial charge in [0.15, 0.2) is 0 Å². The molecule has 2 aliphatic carbocycles. The van der Waals surface area contributed by atoms with Crippen molar-refractivity contribution in [2.75, 3.05) is 0 Å². The second-order valence-corrected chi connectivity index (χ2v) is 6.97. The third-order valence-electron chi connectivity index (χ3n) is 5.76. The molecule has 22 heavy (non-hydrogen) atoms. The summed E-state index contributed by atoms with van der Waals surface area (Å²) >= 11 is 0. The second kappa shape index (κ2) is 6.08. The van der Waals surface area contributed by atoms with Crippen LogP contribution >= 0.6 is 12.4 Å². The van der Waals surface area contributed by atoms with E-state index in [9.17, 15) is 0 Å². The lowest BCUT2D eigenvalue weighted by Gasteiger charge is -2.46. The molecule has 1 aromatic heterocycles. The third kappa shape index (κ3) is 2.48. The van der Waals surface area contributed by atoms with Gasteiger partial charge >= 0.3 is 0 Å². The van der Waals surface area contributed by atoms with E-state index in [1.807, 2.05) is 12.5 Å². The Bertz CT molecular complexity index is 635. The van der Waals surface area contributed by atoms with Crippen molar-refractivity contribution in [1.82, 2.24) is 9.55 Å². The van der Waals surface area contributed by atoms with Crippen LogP contribution in [0.25, 0.3) is 0 Å². The highest BCUT2D eigenvalue weighted by Crippen LogP contribution is 2.50. The van der Waals surface area contributed by atoms with Crippen molar-refractivity contribution < 1.29 is 0 Å². The maximum Gasteiger partial charge on any atom is 0.0945 e. The molecule has 3 heteroatoms. The molecule has 0 bridgehead atoms. The highest BCUT2D eigenvalue weighted by Gasteiger charge is 2.41. The second-order valence-electron chi connectivity index (χ2n) is 6.97. The van der Waals surface area contributed by atoms with Gasteiger partial charge in [0, 0.05) is 18.9 Å². The predicted molar refractivity (Wildman–Crippen MR) is 92.6 cm³/mol. The minimum absolute atomic E-state index is 0. The number of imidazole rings is 1. The number of hydrogen-bond acceptors (Lipinski definition) is 1. The van der Waals surface area contributed by atoms with E-state index in [-0.39, 0.29) is 12.4 Å². The molecule has 0 saturated carbocycles. The lowest BCUT2D eigenvalue weighted by molar-refractivity contribution is 0.226. The molecule has 4 rings (SSSR count). The maximum absolute atomic E-state index is 4.20. The molecule has 1 aromatic carbocycles. The molecule has 2 nitrogen and oxygen atoms in total. The summed E-state index contributed by atoms with van der Waals surface area (Å²) in [6, 6.07) is 7.03. The van der Waals surface area contributed by atoms with Gasteiger partial charge in [-0.2, -0.15) is 0 Å². The van der Waals surface area contributed by atoms with Crippen molar-refractivity contribution in [3.05, 3.63) is 53.6 Å². The van der Waals surface area contributed by atoms with Crippen LogP contribution in [0.1, 0.15) is 49.3 Å². The fourth-order valence-electron chi connectivity index (χ4n) is 4.91. The van der Waals surface area contributed by atoms with Crippen molar-refractivity contribution in [2.45, 2.75) is 57.4 Å². The van der Waals surface area contributed by atoms with Gasteiger partial charge in [0.1, 0.15) is 0 Å². The van der Waals surface area contributed by atoms with Crippen LogP contribution < -0.4 is 0 Å². The van der Waals surface area contributed by atoms with Gasteiger partial charge in [-0.1, -0.05) is 25.1 Å². The standard InChI is InChI=1S/C19H24N2.ClH/c1-2-19-8-4-7-16-5-3-6-17(18(16)19)11-15(12-19)13-21-10-9-20-14-21;/h3,5-6,9-10,14-15H,2,4,7-8,11-13H2,1H3;1H/t15-,19-;/m1./s1.